The molecule has 0 unspecified atom stereocenters. The average Bonchev–Trinajstić information content (AvgIpc) is 2.81. The molecular weight excluding hydrogens is 209 g/mol. The fraction of sp³-hybridized carbons (Fsp3) is 0.727. The summed E-state index contributed by atoms with van der Waals surface area (Å²) < 4.78 is 15.0. The first-order valence-electron chi connectivity index (χ1n) is 5.66. The van der Waals surface area contributed by atoms with Crippen LogP contribution in [0.3, 0.4) is 0 Å². The highest BCUT2D eigenvalue weighted by molar-refractivity contribution is 5.01. The second-order valence-electron chi connectivity index (χ2n) is 4.36. The van der Waals surface area contributed by atoms with Gasteiger partial charge in [-0.2, -0.15) is 5.10 Å². The number of alkyl halides is 1. The van der Waals surface area contributed by atoms with E-state index in [1.165, 1.54) is 0 Å². The van der Waals surface area contributed by atoms with E-state index in [-0.39, 0.29) is 12.6 Å². The van der Waals surface area contributed by atoms with Crippen molar-refractivity contribution in [2.75, 3.05) is 19.7 Å². The summed E-state index contributed by atoms with van der Waals surface area (Å²) in [5, 5.41) is 13.2. The van der Waals surface area contributed by atoms with Crippen LogP contribution in [-0.4, -0.2) is 51.7 Å². The Morgan fingerprint density at radius 2 is 2.44 bits per heavy atom. The van der Waals surface area contributed by atoms with E-state index in [0.29, 0.717) is 13.0 Å². The third-order valence-electron chi connectivity index (χ3n) is 3.27. The van der Waals surface area contributed by atoms with Crippen LogP contribution in [0.25, 0.3) is 0 Å². The lowest BCUT2D eigenvalue weighted by Crippen LogP contribution is -2.34. The maximum absolute atomic E-state index is 13.2. The molecule has 5 heteroatoms. The molecule has 2 rings (SSSR count). The van der Waals surface area contributed by atoms with Crippen LogP contribution in [-0.2, 0) is 13.5 Å². The molecule has 1 aromatic heterocycles. The first kappa shape index (κ1) is 11.5. The second-order valence-corrected chi connectivity index (χ2v) is 4.36. The lowest BCUT2D eigenvalue weighted by Gasteiger charge is -2.21. The zero-order valence-corrected chi connectivity index (χ0v) is 9.51. The number of hydrogen-bond acceptors (Lipinski definition) is 3. The van der Waals surface area contributed by atoms with Crippen LogP contribution in [0.4, 0.5) is 4.39 Å². The van der Waals surface area contributed by atoms with Gasteiger partial charge in [0.25, 0.3) is 0 Å². The van der Waals surface area contributed by atoms with E-state index in [0.717, 1.165) is 18.7 Å². The molecule has 2 heterocycles. The van der Waals surface area contributed by atoms with Gasteiger partial charge in [0.2, 0.25) is 0 Å². The molecule has 90 valence electrons. The first-order chi connectivity index (χ1) is 7.70. The van der Waals surface area contributed by atoms with E-state index < -0.39 is 6.17 Å². The molecule has 0 amide bonds. The average molecular weight is 227 g/mol. The highest BCUT2D eigenvalue weighted by atomic mass is 19.1. The van der Waals surface area contributed by atoms with Crippen LogP contribution in [0, 0.1) is 0 Å². The van der Waals surface area contributed by atoms with Crippen LogP contribution in [0.2, 0.25) is 0 Å². The molecule has 1 N–H and O–H groups in total. The maximum atomic E-state index is 13.2. The molecule has 0 saturated carbocycles. The van der Waals surface area contributed by atoms with Gasteiger partial charge in [0, 0.05) is 44.5 Å². The van der Waals surface area contributed by atoms with Gasteiger partial charge < -0.3 is 5.11 Å². The molecule has 0 radical (unpaired) electrons. The summed E-state index contributed by atoms with van der Waals surface area (Å²) in [5.74, 6) is 0. The Morgan fingerprint density at radius 3 is 3.06 bits per heavy atom. The van der Waals surface area contributed by atoms with Crippen molar-refractivity contribution >= 4 is 0 Å². The van der Waals surface area contributed by atoms with Gasteiger partial charge >= 0.3 is 0 Å². The first-order valence-corrected chi connectivity index (χ1v) is 5.66. The number of aromatic nitrogens is 2. The molecule has 2 atom stereocenters. The Hall–Kier alpha value is -0.940. The Bertz CT molecular complexity index is 342. The summed E-state index contributed by atoms with van der Waals surface area (Å²) in [7, 11) is 1.90. The number of nitrogens with zero attached hydrogens (tertiary/aromatic N) is 3. The van der Waals surface area contributed by atoms with Gasteiger partial charge in [-0.15, -0.1) is 0 Å². The molecule has 0 spiro atoms. The van der Waals surface area contributed by atoms with E-state index in [4.69, 9.17) is 5.11 Å². The highest BCUT2D eigenvalue weighted by Crippen LogP contribution is 2.20. The Balaban J connectivity index is 1.88. The van der Waals surface area contributed by atoms with Gasteiger partial charge in [-0.25, -0.2) is 4.39 Å². The molecule has 0 aliphatic carbocycles. The third-order valence-corrected chi connectivity index (χ3v) is 3.27. The van der Waals surface area contributed by atoms with Crippen molar-refractivity contribution in [2.45, 2.75) is 25.1 Å². The summed E-state index contributed by atoms with van der Waals surface area (Å²) in [5.41, 5.74) is 1.14. The summed E-state index contributed by atoms with van der Waals surface area (Å²) >= 11 is 0. The van der Waals surface area contributed by atoms with Gasteiger partial charge in [0.05, 0.1) is 6.61 Å². The van der Waals surface area contributed by atoms with Crippen molar-refractivity contribution in [3.63, 3.8) is 0 Å². The van der Waals surface area contributed by atoms with E-state index in [2.05, 4.69) is 5.10 Å². The highest BCUT2D eigenvalue weighted by Gasteiger charge is 2.31. The molecule has 16 heavy (non-hydrogen) atoms. The summed E-state index contributed by atoms with van der Waals surface area (Å²) in [4.78, 5) is 2.03. The predicted molar refractivity (Wildman–Crippen MR) is 58.9 cm³/mol. The molecule has 4 nitrogen and oxygen atoms in total. The summed E-state index contributed by atoms with van der Waals surface area (Å²) in [6.45, 7) is 1.28. The van der Waals surface area contributed by atoms with Crippen molar-refractivity contribution in [2.24, 2.45) is 7.05 Å². The van der Waals surface area contributed by atoms with Crippen molar-refractivity contribution in [3.05, 3.63) is 18.0 Å². The van der Waals surface area contributed by atoms with Gasteiger partial charge in [0.1, 0.15) is 6.17 Å². The van der Waals surface area contributed by atoms with Crippen molar-refractivity contribution in [1.29, 1.82) is 0 Å². The van der Waals surface area contributed by atoms with Gasteiger partial charge in [-0.3, -0.25) is 9.58 Å². The standard InChI is InChI=1S/C11H18FN3O/c1-14-10(2-4-13-14)3-5-15-7-9(12)6-11(15)8-16/h2,4,9,11,16H,3,5-8H2,1H3/t9-,11-/m0/s1. The van der Waals surface area contributed by atoms with Crippen molar-refractivity contribution < 1.29 is 9.50 Å². The summed E-state index contributed by atoms with van der Waals surface area (Å²) in [6, 6.07) is 1.96. The van der Waals surface area contributed by atoms with Gasteiger partial charge in [0.15, 0.2) is 0 Å². The summed E-state index contributed by atoms with van der Waals surface area (Å²) in [6.07, 6.45) is 2.28. The molecule has 1 fully saturated rings. The topological polar surface area (TPSA) is 41.3 Å². The van der Waals surface area contributed by atoms with Crippen LogP contribution in [0.5, 0.6) is 0 Å². The zero-order valence-electron chi connectivity index (χ0n) is 9.51. The fourth-order valence-corrected chi connectivity index (χ4v) is 2.29. The van der Waals surface area contributed by atoms with Gasteiger partial charge in [-0.1, -0.05) is 0 Å². The minimum absolute atomic E-state index is 0.0109. The lowest BCUT2D eigenvalue weighted by molar-refractivity contribution is 0.159. The van der Waals surface area contributed by atoms with E-state index in [1.54, 1.807) is 6.20 Å². The largest absolute Gasteiger partial charge is 0.395 e. The van der Waals surface area contributed by atoms with Crippen LogP contribution < -0.4 is 0 Å². The Labute approximate surface area is 94.7 Å². The molecular formula is C11H18FN3O. The van der Waals surface area contributed by atoms with E-state index >= 15 is 0 Å². The molecule has 1 saturated heterocycles. The zero-order chi connectivity index (χ0) is 11.5. The minimum atomic E-state index is -0.788. The quantitative estimate of drug-likeness (QED) is 0.808. The van der Waals surface area contributed by atoms with Crippen LogP contribution >= 0.6 is 0 Å². The number of aliphatic hydroxyl groups excluding tert-OH is 1. The van der Waals surface area contributed by atoms with Crippen LogP contribution in [0.15, 0.2) is 12.3 Å². The number of aliphatic hydroxyl groups is 1. The number of likely N-dealkylation sites (tertiary alicyclic amines) is 1. The number of rotatable bonds is 4. The second kappa shape index (κ2) is 4.93. The third kappa shape index (κ3) is 2.41. The smallest absolute Gasteiger partial charge is 0.114 e. The monoisotopic (exact) mass is 227 g/mol. The molecule has 1 aliphatic rings. The molecule has 1 aliphatic heterocycles. The molecule has 0 bridgehead atoms. The predicted octanol–water partition coefficient (Wildman–Crippen LogP) is 0.367. The lowest BCUT2D eigenvalue weighted by atomic mass is 10.2. The van der Waals surface area contributed by atoms with E-state index in [9.17, 15) is 4.39 Å². The SMILES string of the molecule is Cn1nccc1CCN1C[C@@H](F)C[C@H]1CO. The fourth-order valence-electron chi connectivity index (χ4n) is 2.29. The van der Waals surface area contributed by atoms with E-state index in [1.807, 2.05) is 22.7 Å². The minimum Gasteiger partial charge on any atom is -0.395 e. The number of aryl methyl sites for hydroxylation is 1. The van der Waals surface area contributed by atoms with Gasteiger partial charge in [-0.05, 0) is 12.5 Å². The normalized spacial score (nSPS) is 26.4. The number of halogens is 1. The molecule has 1 aromatic rings. The molecule has 0 aromatic carbocycles. The maximum Gasteiger partial charge on any atom is 0.114 e. The number of hydrogen-bond donors (Lipinski definition) is 1. The Kier molecular flexibility index (Phi) is 3.56. The van der Waals surface area contributed by atoms with Crippen molar-refractivity contribution in [3.8, 4) is 0 Å². The van der Waals surface area contributed by atoms with Crippen molar-refractivity contribution in [1.82, 2.24) is 14.7 Å². The van der Waals surface area contributed by atoms with Crippen LogP contribution in [0.1, 0.15) is 12.1 Å². The Morgan fingerprint density at radius 1 is 1.62 bits per heavy atom.